The van der Waals surface area contributed by atoms with Crippen molar-refractivity contribution in [3.63, 3.8) is 0 Å². The third-order valence-corrected chi connectivity index (χ3v) is 5.11. The largest absolute Gasteiger partial charge is 0.492 e. The van der Waals surface area contributed by atoms with Crippen LogP contribution in [0.5, 0.6) is 5.75 Å². The Labute approximate surface area is 119 Å². The number of halogens is 1. The SMILES string of the molecule is CCOc1ccc(Cl)cc1NC1CCS(=O)(=O)CC1. The van der Waals surface area contributed by atoms with Gasteiger partial charge in [-0.2, -0.15) is 0 Å². The van der Waals surface area contributed by atoms with Gasteiger partial charge in [-0.25, -0.2) is 8.42 Å². The summed E-state index contributed by atoms with van der Waals surface area (Å²) in [5.74, 6) is 1.24. The number of sulfone groups is 1. The summed E-state index contributed by atoms with van der Waals surface area (Å²) in [5, 5.41) is 3.97. The molecular formula is C13H18ClNO3S. The molecule has 0 spiro atoms. The Kier molecular flexibility index (Phi) is 4.58. The minimum absolute atomic E-state index is 0.154. The van der Waals surface area contributed by atoms with Gasteiger partial charge in [0.25, 0.3) is 0 Å². The Morgan fingerprint density at radius 3 is 2.68 bits per heavy atom. The number of anilines is 1. The lowest BCUT2D eigenvalue weighted by Gasteiger charge is -2.25. The summed E-state index contributed by atoms with van der Waals surface area (Å²) in [5.41, 5.74) is 0.832. The molecule has 1 N–H and O–H groups in total. The van der Waals surface area contributed by atoms with Crippen LogP contribution in [-0.4, -0.2) is 32.6 Å². The molecule has 0 aliphatic carbocycles. The quantitative estimate of drug-likeness (QED) is 0.929. The van der Waals surface area contributed by atoms with Crippen LogP contribution in [0.2, 0.25) is 5.02 Å². The molecule has 19 heavy (non-hydrogen) atoms. The molecule has 1 aromatic rings. The highest BCUT2D eigenvalue weighted by atomic mass is 35.5. The van der Waals surface area contributed by atoms with Crippen LogP contribution in [-0.2, 0) is 9.84 Å². The van der Waals surface area contributed by atoms with E-state index in [1.54, 1.807) is 6.07 Å². The van der Waals surface area contributed by atoms with E-state index < -0.39 is 9.84 Å². The second-order valence-corrected chi connectivity index (χ2v) is 7.38. The number of hydrogen-bond acceptors (Lipinski definition) is 4. The van der Waals surface area contributed by atoms with E-state index in [-0.39, 0.29) is 17.5 Å². The Morgan fingerprint density at radius 1 is 1.37 bits per heavy atom. The van der Waals surface area contributed by atoms with Gasteiger partial charge in [0.15, 0.2) is 0 Å². The highest BCUT2D eigenvalue weighted by Gasteiger charge is 2.24. The topological polar surface area (TPSA) is 55.4 Å². The number of rotatable bonds is 4. The minimum atomic E-state index is -2.83. The van der Waals surface area contributed by atoms with Crippen molar-refractivity contribution in [1.29, 1.82) is 0 Å². The van der Waals surface area contributed by atoms with Crippen LogP contribution in [0.3, 0.4) is 0 Å². The van der Waals surface area contributed by atoms with E-state index >= 15 is 0 Å². The van der Waals surface area contributed by atoms with Crippen LogP contribution in [0.4, 0.5) is 5.69 Å². The molecular weight excluding hydrogens is 286 g/mol. The van der Waals surface area contributed by atoms with Gasteiger partial charge in [-0.05, 0) is 38.0 Å². The standard InChI is InChI=1S/C13H18ClNO3S/c1-2-18-13-4-3-10(14)9-12(13)15-11-5-7-19(16,17)8-6-11/h3-4,9,11,15H,2,5-8H2,1H3. The number of hydrogen-bond donors (Lipinski definition) is 1. The van der Waals surface area contributed by atoms with Crippen molar-refractivity contribution >= 4 is 27.1 Å². The number of benzene rings is 1. The van der Waals surface area contributed by atoms with Gasteiger partial charge in [-0.15, -0.1) is 0 Å². The van der Waals surface area contributed by atoms with Crippen molar-refractivity contribution in [2.75, 3.05) is 23.4 Å². The Morgan fingerprint density at radius 2 is 2.05 bits per heavy atom. The molecule has 6 heteroatoms. The molecule has 1 heterocycles. The predicted octanol–water partition coefficient (Wildman–Crippen LogP) is 2.73. The molecule has 0 atom stereocenters. The molecule has 0 unspecified atom stereocenters. The second kappa shape index (κ2) is 6.01. The van der Waals surface area contributed by atoms with Gasteiger partial charge in [-0.1, -0.05) is 11.6 Å². The highest BCUT2D eigenvalue weighted by molar-refractivity contribution is 7.91. The molecule has 1 aliphatic heterocycles. The number of nitrogens with one attached hydrogen (secondary N) is 1. The summed E-state index contributed by atoms with van der Waals surface area (Å²) in [4.78, 5) is 0. The summed E-state index contributed by atoms with van der Waals surface area (Å²) in [6.45, 7) is 2.50. The average molecular weight is 304 g/mol. The van der Waals surface area contributed by atoms with Crippen molar-refractivity contribution in [1.82, 2.24) is 0 Å². The fourth-order valence-corrected chi connectivity index (χ4v) is 3.81. The maximum atomic E-state index is 11.4. The number of ether oxygens (including phenoxy) is 1. The molecule has 0 aromatic heterocycles. The Bertz CT molecular complexity index is 531. The summed E-state index contributed by atoms with van der Waals surface area (Å²) in [6, 6.07) is 5.58. The first-order valence-corrected chi connectivity index (χ1v) is 8.59. The smallest absolute Gasteiger partial charge is 0.150 e. The van der Waals surface area contributed by atoms with Crippen LogP contribution in [0, 0.1) is 0 Å². The van der Waals surface area contributed by atoms with E-state index in [1.807, 2.05) is 19.1 Å². The van der Waals surface area contributed by atoms with Gasteiger partial charge in [0.1, 0.15) is 15.6 Å². The van der Waals surface area contributed by atoms with Gasteiger partial charge in [0.05, 0.1) is 23.8 Å². The van der Waals surface area contributed by atoms with Crippen LogP contribution in [0.15, 0.2) is 18.2 Å². The van der Waals surface area contributed by atoms with Crippen molar-refractivity contribution in [2.45, 2.75) is 25.8 Å². The molecule has 1 aromatic carbocycles. The third-order valence-electron chi connectivity index (χ3n) is 3.16. The van der Waals surface area contributed by atoms with Crippen LogP contribution in [0.1, 0.15) is 19.8 Å². The van der Waals surface area contributed by atoms with Gasteiger partial charge < -0.3 is 10.1 Å². The Balaban J connectivity index is 2.08. The van der Waals surface area contributed by atoms with Crippen LogP contribution < -0.4 is 10.1 Å². The molecule has 0 radical (unpaired) electrons. The fraction of sp³-hybridized carbons (Fsp3) is 0.538. The zero-order valence-electron chi connectivity index (χ0n) is 10.9. The van der Waals surface area contributed by atoms with Crippen molar-refractivity contribution < 1.29 is 13.2 Å². The molecule has 0 bridgehead atoms. The van der Waals surface area contributed by atoms with E-state index in [0.29, 0.717) is 24.5 Å². The summed E-state index contributed by atoms with van der Waals surface area (Å²) >= 11 is 5.99. The van der Waals surface area contributed by atoms with Crippen molar-refractivity contribution in [2.24, 2.45) is 0 Å². The van der Waals surface area contributed by atoms with Gasteiger partial charge in [0.2, 0.25) is 0 Å². The lowest BCUT2D eigenvalue weighted by molar-refractivity contribution is 0.341. The third kappa shape index (κ3) is 4.01. The van der Waals surface area contributed by atoms with E-state index in [4.69, 9.17) is 16.3 Å². The molecule has 1 fully saturated rings. The van der Waals surface area contributed by atoms with Crippen LogP contribution >= 0.6 is 11.6 Å². The van der Waals surface area contributed by atoms with Gasteiger partial charge >= 0.3 is 0 Å². The van der Waals surface area contributed by atoms with E-state index in [2.05, 4.69) is 5.32 Å². The van der Waals surface area contributed by atoms with Gasteiger partial charge in [-0.3, -0.25) is 0 Å². The zero-order chi connectivity index (χ0) is 13.9. The van der Waals surface area contributed by atoms with E-state index in [9.17, 15) is 8.42 Å². The molecule has 4 nitrogen and oxygen atoms in total. The average Bonchev–Trinajstić information content (AvgIpc) is 2.35. The molecule has 0 amide bonds. The highest BCUT2D eigenvalue weighted by Crippen LogP contribution is 2.30. The second-order valence-electron chi connectivity index (χ2n) is 4.64. The van der Waals surface area contributed by atoms with Crippen molar-refractivity contribution in [3.05, 3.63) is 23.2 Å². The monoisotopic (exact) mass is 303 g/mol. The first-order chi connectivity index (χ1) is 9.00. The lowest BCUT2D eigenvalue weighted by atomic mass is 10.1. The van der Waals surface area contributed by atoms with E-state index in [1.165, 1.54) is 0 Å². The van der Waals surface area contributed by atoms with Gasteiger partial charge in [0, 0.05) is 11.1 Å². The first-order valence-electron chi connectivity index (χ1n) is 6.39. The predicted molar refractivity (Wildman–Crippen MR) is 77.9 cm³/mol. The van der Waals surface area contributed by atoms with E-state index in [0.717, 1.165) is 11.4 Å². The van der Waals surface area contributed by atoms with Crippen LogP contribution in [0.25, 0.3) is 0 Å². The summed E-state index contributed by atoms with van der Waals surface area (Å²) in [6.07, 6.45) is 1.25. The first kappa shape index (κ1) is 14.5. The maximum Gasteiger partial charge on any atom is 0.150 e. The molecule has 1 saturated heterocycles. The molecule has 106 valence electrons. The normalized spacial score (nSPS) is 19.1. The summed E-state index contributed by atoms with van der Waals surface area (Å²) in [7, 11) is -2.83. The summed E-state index contributed by atoms with van der Waals surface area (Å²) < 4.78 is 28.3. The maximum absolute atomic E-state index is 11.4. The fourth-order valence-electron chi connectivity index (χ4n) is 2.15. The molecule has 0 saturated carbocycles. The Hall–Kier alpha value is -0.940. The zero-order valence-corrected chi connectivity index (χ0v) is 12.4. The minimum Gasteiger partial charge on any atom is -0.492 e. The molecule has 1 aliphatic rings. The van der Waals surface area contributed by atoms with Crippen molar-refractivity contribution in [3.8, 4) is 5.75 Å². The lowest BCUT2D eigenvalue weighted by Crippen LogP contribution is -2.32. The molecule has 2 rings (SSSR count).